The lowest BCUT2D eigenvalue weighted by Gasteiger charge is -2.34. The number of sulfonamides is 1. The number of nitrogens with zero attached hydrogens (tertiary/aromatic N) is 2. The topological polar surface area (TPSA) is 86.8 Å². The van der Waals surface area contributed by atoms with Crippen molar-refractivity contribution in [2.24, 2.45) is 0 Å². The summed E-state index contributed by atoms with van der Waals surface area (Å²) < 4.78 is 56.0. The molecule has 0 aliphatic rings. The fraction of sp³-hybridized carbons (Fsp3) is 0.212. The van der Waals surface area contributed by atoms with E-state index in [0.717, 1.165) is 34.1 Å². The van der Waals surface area contributed by atoms with Crippen molar-refractivity contribution in [1.82, 2.24) is 10.2 Å². The molecule has 0 aliphatic carbocycles. The summed E-state index contributed by atoms with van der Waals surface area (Å²) >= 11 is 0. The second-order valence-corrected chi connectivity index (χ2v) is 11.8. The zero-order chi connectivity index (χ0) is 30.8. The van der Waals surface area contributed by atoms with E-state index in [1.165, 1.54) is 29.2 Å². The van der Waals surface area contributed by atoms with Gasteiger partial charge in [-0.1, -0.05) is 67.6 Å². The Balaban J connectivity index is 1.77. The van der Waals surface area contributed by atoms with Crippen LogP contribution in [0.2, 0.25) is 0 Å². The molecule has 2 amide bonds. The highest BCUT2D eigenvalue weighted by Gasteiger charge is 2.34. The fourth-order valence-corrected chi connectivity index (χ4v) is 5.98. The molecule has 0 saturated carbocycles. The van der Waals surface area contributed by atoms with E-state index in [2.05, 4.69) is 5.32 Å². The molecule has 43 heavy (non-hydrogen) atoms. The average molecular weight is 606 g/mol. The monoisotopic (exact) mass is 605 g/mol. The van der Waals surface area contributed by atoms with Crippen molar-refractivity contribution in [3.63, 3.8) is 0 Å². The van der Waals surface area contributed by atoms with Crippen molar-refractivity contribution < 1.29 is 26.8 Å². The maximum Gasteiger partial charge on any atom is 0.264 e. The van der Waals surface area contributed by atoms with Gasteiger partial charge >= 0.3 is 0 Å². The van der Waals surface area contributed by atoms with Crippen molar-refractivity contribution in [3.05, 3.63) is 132 Å². The van der Waals surface area contributed by atoms with Gasteiger partial charge in [0.2, 0.25) is 11.8 Å². The van der Waals surface area contributed by atoms with Crippen LogP contribution >= 0.6 is 0 Å². The highest BCUT2D eigenvalue weighted by Crippen LogP contribution is 2.25. The summed E-state index contributed by atoms with van der Waals surface area (Å²) in [4.78, 5) is 29.0. The Labute approximate surface area is 250 Å². The summed E-state index contributed by atoms with van der Waals surface area (Å²) in [7, 11) is -4.33. The zero-order valence-corrected chi connectivity index (χ0v) is 24.5. The van der Waals surface area contributed by atoms with Crippen LogP contribution in [0.4, 0.5) is 14.5 Å². The SMILES string of the molecule is CCCNC(=O)C(Cc1ccccc1)N(Cc1ccc(F)cc1)C(=O)CN(c1ccccc1)S(=O)(=O)c1ccc(F)cc1. The van der Waals surface area contributed by atoms with Crippen molar-refractivity contribution >= 4 is 27.5 Å². The predicted molar refractivity (Wildman–Crippen MR) is 162 cm³/mol. The van der Waals surface area contributed by atoms with Crippen LogP contribution in [0.1, 0.15) is 24.5 Å². The first kappa shape index (κ1) is 31.4. The number of amides is 2. The van der Waals surface area contributed by atoms with Gasteiger partial charge < -0.3 is 10.2 Å². The van der Waals surface area contributed by atoms with E-state index in [0.29, 0.717) is 18.5 Å². The molecule has 0 aliphatic heterocycles. The van der Waals surface area contributed by atoms with Gasteiger partial charge in [-0.25, -0.2) is 17.2 Å². The van der Waals surface area contributed by atoms with E-state index in [-0.39, 0.29) is 23.5 Å². The molecule has 0 heterocycles. The normalized spacial score (nSPS) is 11.9. The smallest absolute Gasteiger partial charge is 0.264 e. The second-order valence-electron chi connectivity index (χ2n) is 9.95. The fourth-order valence-electron chi connectivity index (χ4n) is 4.56. The predicted octanol–water partition coefficient (Wildman–Crippen LogP) is 5.33. The van der Waals surface area contributed by atoms with Crippen LogP contribution in [0, 0.1) is 11.6 Å². The Bertz CT molecular complexity index is 1600. The molecule has 7 nitrogen and oxygen atoms in total. The number of hydrogen-bond donors (Lipinski definition) is 1. The average Bonchev–Trinajstić information content (AvgIpc) is 3.02. The Morgan fingerprint density at radius 3 is 1.91 bits per heavy atom. The number of benzene rings is 4. The molecule has 0 fully saturated rings. The quantitative estimate of drug-likeness (QED) is 0.223. The lowest BCUT2D eigenvalue weighted by molar-refractivity contribution is -0.140. The van der Waals surface area contributed by atoms with Gasteiger partial charge in [-0.15, -0.1) is 0 Å². The molecule has 1 atom stereocenters. The Kier molecular flexibility index (Phi) is 10.6. The van der Waals surface area contributed by atoms with Gasteiger partial charge in [0.1, 0.15) is 24.2 Å². The first-order chi connectivity index (χ1) is 20.7. The third-order valence-electron chi connectivity index (χ3n) is 6.81. The summed E-state index contributed by atoms with van der Waals surface area (Å²) in [6.45, 7) is 1.58. The number of halogens is 2. The van der Waals surface area contributed by atoms with Crippen LogP contribution in [-0.2, 0) is 32.6 Å². The lowest BCUT2D eigenvalue weighted by Crippen LogP contribution is -2.53. The van der Waals surface area contributed by atoms with Gasteiger partial charge in [-0.05, 0) is 66.1 Å². The molecule has 4 aromatic rings. The standard InChI is InChI=1S/C33H33F2N3O4S/c1-2-21-36-33(40)31(22-25-9-5-3-6-10-25)37(23-26-13-15-27(34)16-14-26)32(39)24-38(29-11-7-4-8-12-29)43(41,42)30-19-17-28(35)18-20-30/h3-20,31H,2,21-24H2,1H3,(H,36,40). The van der Waals surface area contributed by atoms with E-state index in [1.54, 1.807) is 30.3 Å². The number of carbonyl (C=O) groups is 2. The molecule has 224 valence electrons. The third-order valence-corrected chi connectivity index (χ3v) is 8.60. The Morgan fingerprint density at radius 1 is 0.767 bits per heavy atom. The molecule has 0 spiro atoms. The molecule has 1 unspecified atom stereocenters. The van der Waals surface area contributed by atoms with Crippen LogP contribution in [0.5, 0.6) is 0 Å². The van der Waals surface area contributed by atoms with Crippen molar-refractivity contribution in [2.75, 3.05) is 17.4 Å². The summed E-state index contributed by atoms with van der Waals surface area (Å²) in [5.41, 5.74) is 1.58. The maximum atomic E-state index is 14.2. The largest absolute Gasteiger partial charge is 0.354 e. The second kappa shape index (κ2) is 14.6. The van der Waals surface area contributed by atoms with Gasteiger partial charge in [0, 0.05) is 19.5 Å². The van der Waals surface area contributed by atoms with Crippen LogP contribution < -0.4 is 9.62 Å². The Morgan fingerprint density at radius 2 is 1.33 bits per heavy atom. The number of anilines is 1. The molecule has 10 heteroatoms. The summed E-state index contributed by atoms with van der Waals surface area (Å²) in [6.07, 6.45) is 0.840. The molecule has 0 radical (unpaired) electrons. The summed E-state index contributed by atoms with van der Waals surface area (Å²) in [5.74, 6) is -2.10. The zero-order valence-electron chi connectivity index (χ0n) is 23.7. The van der Waals surface area contributed by atoms with Gasteiger partial charge in [0.25, 0.3) is 10.0 Å². The summed E-state index contributed by atoms with van der Waals surface area (Å²) in [6, 6.07) is 26.2. The van der Waals surface area contributed by atoms with E-state index < -0.39 is 46.1 Å². The van der Waals surface area contributed by atoms with Gasteiger partial charge in [0.05, 0.1) is 10.6 Å². The molecule has 4 rings (SSSR count). The van der Waals surface area contributed by atoms with E-state index in [9.17, 15) is 26.8 Å². The molecule has 0 bridgehead atoms. The molecular formula is C33H33F2N3O4S. The molecule has 4 aromatic carbocycles. The molecular weight excluding hydrogens is 572 g/mol. The van der Waals surface area contributed by atoms with Crippen molar-refractivity contribution in [1.29, 1.82) is 0 Å². The number of carbonyl (C=O) groups excluding carboxylic acids is 2. The van der Waals surface area contributed by atoms with Gasteiger partial charge in [-0.3, -0.25) is 13.9 Å². The minimum atomic E-state index is -4.33. The molecule has 0 saturated heterocycles. The van der Waals surface area contributed by atoms with Gasteiger partial charge in [0.15, 0.2) is 0 Å². The van der Waals surface area contributed by atoms with Crippen molar-refractivity contribution in [3.8, 4) is 0 Å². The van der Waals surface area contributed by atoms with E-state index in [1.807, 2.05) is 37.3 Å². The molecule has 0 aromatic heterocycles. The van der Waals surface area contributed by atoms with E-state index in [4.69, 9.17) is 0 Å². The van der Waals surface area contributed by atoms with Crippen LogP contribution in [0.25, 0.3) is 0 Å². The first-order valence-electron chi connectivity index (χ1n) is 13.9. The molecule has 1 N–H and O–H groups in total. The van der Waals surface area contributed by atoms with Gasteiger partial charge in [-0.2, -0.15) is 0 Å². The van der Waals surface area contributed by atoms with Crippen LogP contribution in [0.3, 0.4) is 0 Å². The minimum absolute atomic E-state index is 0.0740. The number of hydrogen-bond acceptors (Lipinski definition) is 4. The Hall–Kier alpha value is -4.57. The van der Waals surface area contributed by atoms with Crippen LogP contribution in [-0.4, -0.2) is 44.3 Å². The lowest BCUT2D eigenvalue weighted by atomic mass is 10.0. The third kappa shape index (κ3) is 8.26. The maximum absolute atomic E-state index is 14.2. The minimum Gasteiger partial charge on any atom is -0.354 e. The summed E-state index contributed by atoms with van der Waals surface area (Å²) in [5, 5.41) is 2.87. The highest BCUT2D eigenvalue weighted by atomic mass is 32.2. The highest BCUT2D eigenvalue weighted by molar-refractivity contribution is 7.92. The van der Waals surface area contributed by atoms with Crippen LogP contribution in [0.15, 0.2) is 114 Å². The van der Waals surface area contributed by atoms with E-state index >= 15 is 0 Å². The first-order valence-corrected chi connectivity index (χ1v) is 15.3. The number of para-hydroxylation sites is 1. The number of rotatable bonds is 13. The number of nitrogens with one attached hydrogen (secondary N) is 1. The van der Waals surface area contributed by atoms with Crippen molar-refractivity contribution in [2.45, 2.75) is 37.2 Å².